The predicted octanol–water partition coefficient (Wildman–Crippen LogP) is 2.40. The molecule has 0 bridgehead atoms. The minimum absolute atomic E-state index is 1.23. The van der Waals surface area contributed by atoms with Gasteiger partial charge in [0.15, 0.2) is 0 Å². The Kier molecular flexibility index (Phi) is 2.24. The summed E-state index contributed by atoms with van der Waals surface area (Å²) in [4.78, 5) is 0. The van der Waals surface area contributed by atoms with Crippen molar-refractivity contribution in [3.8, 4) is 0 Å². The molecule has 8 heavy (non-hydrogen) atoms. The molecule has 48 valence electrons. The van der Waals surface area contributed by atoms with Crippen LogP contribution >= 0.6 is 11.8 Å². The first kappa shape index (κ1) is 6.47. The first-order chi connectivity index (χ1) is 3.88. The van der Waals surface area contributed by atoms with E-state index in [0.29, 0.717) is 0 Å². The molecule has 2 aliphatic carbocycles. The molecular formula is C7H14S. The van der Waals surface area contributed by atoms with Gasteiger partial charge in [0.2, 0.25) is 0 Å². The van der Waals surface area contributed by atoms with Gasteiger partial charge in [0.25, 0.3) is 0 Å². The Hall–Kier alpha value is 0.350. The molecule has 2 aliphatic rings. The second-order valence-corrected chi connectivity index (χ2v) is 3.56. The molecule has 0 aromatic carbocycles. The first-order valence-corrected chi connectivity index (χ1v) is 4.92. The summed E-state index contributed by atoms with van der Waals surface area (Å²) in [5.74, 6) is 2.46. The largest absolute Gasteiger partial charge is 0.169 e. The molecule has 0 N–H and O–H groups in total. The lowest BCUT2D eigenvalue weighted by Gasteiger charge is -2.04. The normalized spacial score (nSPS) is 38.2. The molecule has 2 rings (SSSR count). The van der Waals surface area contributed by atoms with Crippen LogP contribution in [-0.2, 0) is 0 Å². The van der Waals surface area contributed by atoms with Crippen LogP contribution in [-0.4, -0.2) is 12.5 Å². The Labute approximate surface area is 56.0 Å². The van der Waals surface area contributed by atoms with Gasteiger partial charge in [0.05, 0.1) is 0 Å². The minimum Gasteiger partial charge on any atom is -0.169 e. The van der Waals surface area contributed by atoms with Crippen LogP contribution in [0, 0.1) is 11.8 Å². The second-order valence-electron chi connectivity index (χ2n) is 2.74. The van der Waals surface area contributed by atoms with Crippen LogP contribution in [0.4, 0.5) is 0 Å². The van der Waals surface area contributed by atoms with E-state index in [2.05, 4.69) is 0 Å². The molecule has 2 unspecified atom stereocenters. The summed E-state index contributed by atoms with van der Waals surface area (Å²) in [6.07, 6.45) is 8.79. The van der Waals surface area contributed by atoms with Gasteiger partial charge in [-0.1, -0.05) is 0 Å². The zero-order valence-electron chi connectivity index (χ0n) is 5.68. The van der Waals surface area contributed by atoms with E-state index in [1.807, 2.05) is 12.5 Å². The Morgan fingerprint density at radius 3 is 1.50 bits per heavy atom. The Morgan fingerprint density at radius 1 is 1.12 bits per heavy atom. The molecule has 0 aromatic heterocycles. The van der Waals surface area contributed by atoms with Gasteiger partial charge in [-0.25, -0.2) is 0 Å². The Bertz CT molecular complexity index is 58.8. The summed E-state index contributed by atoms with van der Waals surface area (Å²) in [5.41, 5.74) is 0. The molecule has 2 atom stereocenters. The smallest absolute Gasteiger partial charge is 0.0187 e. The third-order valence-corrected chi connectivity index (χ3v) is 1.98. The second kappa shape index (κ2) is 2.77. The zero-order chi connectivity index (χ0) is 5.98. The summed E-state index contributed by atoms with van der Waals surface area (Å²) in [5, 5.41) is 0. The maximum Gasteiger partial charge on any atom is -0.0187 e. The molecule has 0 spiro atoms. The van der Waals surface area contributed by atoms with Crippen LogP contribution in [0.1, 0.15) is 19.3 Å². The standard InChI is InChI=1S/C5H8.C2H6S/c1-2-5-3-4(1)5;1-3-2/h4-5H,1-3H2;1-2H3. The quantitative estimate of drug-likeness (QED) is 0.485. The van der Waals surface area contributed by atoms with Crippen molar-refractivity contribution < 1.29 is 0 Å². The van der Waals surface area contributed by atoms with Crippen LogP contribution in [0.15, 0.2) is 0 Å². The van der Waals surface area contributed by atoms with Gasteiger partial charge in [-0.05, 0) is 43.6 Å². The van der Waals surface area contributed by atoms with Crippen LogP contribution in [0.25, 0.3) is 0 Å². The molecule has 0 aromatic rings. The van der Waals surface area contributed by atoms with E-state index >= 15 is 0 Å². The molecule has 2 saturated carbocycles. The highest BCUT2D eigenvalue weighted by Crippen LogP contribution is 2.55. The van der Waals surface area contributed by atoms with Gasteiger partial charge in [0.1, 0.15) is 0 Å². The molecule has 0 nitrogen and oxygen atoms in total. The van der Waals surface area contributed by atoms with Gasteiger partial charge in [-0.3, -0.25) is 0 Å². The maximum atomic E-state index is 2.04. The lowest BCUT2D eigenvalue weighted by atomic mass is 10.0. The number of hydrogen-bond donors (Lipinski definition) is 0. The summed E-state index contributed by atoms with van der Waals surface area (Å²) < 4.78 is 0. The highest BCUT2D eigenvalue weighted by molar-refractivity contribution is 7.97. The fourth-order valence-corrected chi connectivity index (χ4v) is 1.18. The maximum absolute atomic E-state index is 2.04. The van der Waals surface area contributed by atoms with Crippen LogP contribution in [0.5, 0.6) is 0 Å². The number of hydrogen-bond acceptors (Lipinski definition) is 1. The van der Waals surface area contributed by atoms with E-state index in [-0.39, 0.29) is 0 Å². The van der Waals surface area contributed by atoms with E-state index in [1.165, 1.54) is 11.8 Å². The van der Waals surface area contributed by atoms with Crippen LogP contribution in [0.3, 0.4) is 0 Å². The fourth-order valence-electron chi connectivity index (χ4n) is 1.18. The average Bonchev–Trinajstić information content (AvgIpc) is 2.16. The molecule has 2 fully saturated rings. The summed E-state index contributed by atoms with van der Waals surface area (Å²) >= 11 is 1.75. The molecule has 0 amide bonds. The summed E-state index contributed by atoms with van der Waals surface area (Å²) in [6, 6.07) is 0. The highest BCUT2D eigenvalue weighted by Gasteiger charge is 2.44. The molecule has 0 aliphatic heterocycles. The SMILES string of the molecule is C1CC2CC12.CSC. The van der Waals surface area contributed by atoms with Crippen molar-refractivity contribution >= 4 is 11.8 Å². The molecule has 0 radical (unpaired) electrons. The van der Waals surface area contributed by atoms with E-state index in [9.17, 15) is 0 Å². The topological polar surface area (TPSA) is 0 Å². The number of fused-ring (bicyclic) bond motifs is 1. The van der Waals surface area contributed by atoms with Crippen molar-refractivity contribution in [2.24, 2.45) is 11.8 Å². The van der Waals surface area contributed by atoms with Crippen molar-refractivity contribution in [1.29, 1.82) is 0 Å². The Balaban J connectivity index is 0.0000000960. The van der Waals surface area contributed by atoms with Crippen molar-refractivity contribution in [3.63, 3.8) is 0 Å². The Morgan fingerprint density at radius 2 is 1.50 bits per heavy atom. The fraction of sp³-hybridized carbons (Fsp3) is 1.00. The van der Waals surface area contributed by atoms with E-state index in [1.54, 1.807) is 31.0 Å². The third-order valence-electron chi connectivity index (χ3n) is 1.98. The van der Waals surface area contributed by atoms with Crippen LogP contribution in [0.2, 0.25) is 0 Å². The summed E-state index contributed by atoms with van der Waals surface area (Å²) in [6.45, 7) is 0. The highest BCUT2D eigenvalue weighted by atomic mass is 32.2. The monoisotopic (exact) mass is 130 g/mol. The van der Waals surface area contributed by atoms with E-state index < -0.39 is 0 Å². The van der Waals surface area contributed by atoms with Crippen molar-refractivity contribution in [3.05, 3.63) is 0 Å². The van der Waals surface area contributed by atoms with E-state index in [4.69, 9.17) is 0 Å². The van der Waals surface area contributed by atoms with Gasteiger partial charge in [-0.2, -0.15) is 11.8 Å². The number of rotatable bonds is 0. The molecule has 0 saturated heterocycles. The lowest BCUT2D eigenvalue weighted by Crippen LogP contribution is -1.93. The van der Waals surface area contributed by atoms with E-state index in [0.717, 1.165) is 0 Å². The van der Waals surface area contributed by atoms with Crippen molar-refractivity contribution in [2.75, 3.05) is 12.5 Å². The third kappa shape index (κ3) is 1.41. The molecule has 1 heteroatoms. The van der Waals surface area contributed by atoms with Gasteiger partial charge in [-0.15, -0.1) is 0 Å². The van der Waals surface area contributed by atoms with Gasteiger partial charge in [0, 0.05) is 0 Å². The van der Waals surface area contributed by atoms with Crippen molar-refractivity contribution in [1.82, 2.24) is 0 Å². The zero-order valence-corrected chi connectivity index (χ0v) is 6.50. The lowest BCUT2D eigenvalue weighted by molar-refractivity contribution is 0.468. The molecule has 0 heterocycles. The summed E-state index contributed by atoms with van der Waals surface area (Å²) in [7, 11) is 0. The minimum atomic E-state index is 1.23. The molecular weight excluding hydrogens is 116 g/mol. The van der Waals surface area contributed by atoms with Gasteiger partial charge < -0.3 is 0 Å². The predicted molar refractivity (Wildman–Crippen MR) is 40.3 cm³/mol. The van der Waals surface area contributed by atoms with Crippen molar-refractivity contribution in [2.45, 2.75) is 19.3 Å². The van der Waals surface area contributed by atoms with Crippen LogP contribution < -0.4 is 0 Å². The first-order valence-electron chi connectivity index (χ1n) is 3.28. The average molecular weight is 130 g/mol. The van der Waals surface area contributed by atoms with Gasteiger partial charge >= 0.3 is 0 Å². The number of thioether (sulfide) groups is 1.